The van der Waals surface area contributed by atoms with E-state index in [1.807, 2.05) is 32.0 Å². The van der Waals surface area contributed by atoms with Crippen LogP contribution in [0.1, 0.15) is 12.5 Å². The Labute approximate surface area is 126 Å². The maximum Gasteiger partial charge on any atom is 0.204 e. The van der Waals surface area contributed by atoms with Gasteiger partial charge in [0.05, 0.1) is 7.11 Å². The number of ether oxygens (including phenoxy) is 1. The lowest BCUT2D eigenvalue weighted by Gasteiger charge is -2.15. The molecule has 2 N–H and O–H groups in total. The molecule has 0 fully saturated rings. The molecule has 0 atom stereocenters. The first-order valence-corrected chi connectivity index (χ1v) is 7.11. The SMILES string of the molecule is CCNc1ncnc(Nc2cc(Br)ccc2C)c1OC. The summed E-state index contributed by atoms with van der Waals surface area (Å²) < 4.78 is 6.41. The average molecular weight is 337 g/mol. The number of anilines is 3. The van der Waals surface area contributed by atoms with Gasteiger partial charge in [-0.2, -0.15) is 0 Å². The zero-order valence-electron chi connectivity index (χ0n) is 11.7. The molecule has 0 aliphatic heterocycles. The fourth-order valence-electron chi connectivity index (χ4n) is 1.81. The third-order valence-electron chi connectivity index (χ3n) is 2.80. The molecule has 0 unspecified atom stereocenters. The number of aromatic nitrogens is 2. The topological polar surface area (TPSA) is 59.1 Å². The predicted molar refractivity (Wildman–Crippen MR) is 84.9 cm³/mol. The first kappa shape index (κ1) is 14.6. The van der Waals surface area contributed by atoms with E-state index in [1.165, 1.54) is 6.33 Å². The molecule has 0 aliphatic rings. The van der Waals surface area contributed by atoms with Crippen LogP contribution in [0.4, 0.5) is 17.3 Å². The second kappa shape index (κ2) is 6.56. The van der Waals surface area contributed by atoms with Gasteiger partial charge in [0, 0.05) is 16.7 Å². The second-order valence-electron chi connectivity index (χ2n) is 4.22. The van der Waals surface area contributed by atoms with Crippen molar-refractivity contribution in [3.05, 3.63) is 34.6 Å². The molecular formula is C14H17BrN4O. The fourth-order valence-corrected chi connectivity index (χ4v) is 2.17. The van der Waals surface area contributed by atoms with Gasteiger partial charge >= 0.3 is 0 Å². The van der Waals surface area contributed by atoms with Crippen LogP contribution in [0.3, 0.4) is 0 Å². The zero-order valence-corrected chi connectivity index (χ0v) is 13.3. The highest BCUT2D eigenvalue weighted by Gasteiger charge is 2.12. The van der Waals surface area contributed by atoms with E-state index >= 15 is 0 Å². The summed E-state index contributed by atoms with van der Waals surface area (Å²) in [5.74, 6) is 1.92. The molecule has 0 spiro atoms. The van der Waals surface area contributed by atoms with Crippen molar-refractivity contribution in [3.63, 3.8) is 0 Å². The van der Waals surface area contributed by atoms with E-state index in [9.17, 15) is 0 Å². The molecule has 0 amide bonds. The molecular weight excluding hydrogens is 320 g/mol. The molecule has 1 aromatic heterocycles. The zero-order chi connectivity index (χ0) is 14.5. The number of rotatable bonds is 5. The average Bonchev–Trinajstić information content (AvgIpc) is 2.43. The summed E-state index contributed by atoms with van der Waals surface area (Å²) in [6.45, 7) is 4.81. The van der Waals surface area contributed by atoms with E-state index in [0.717, 1.165) is 22.3 Å². The highest BCUT2D eigenvalue weighted by atomic mass is 79.9. The number of aryl methyl sites for hydroxylation is 1. The standard InChI is InChI=1S/C14H17BrN4O/c1-4-16-13-12(20-3)14(18-8-17-13)19-11-7-10(15)6-5-9(11)2/h5-8H,4H2,1-3H3,(H2,16,17,18,19). The van der Waals surface area contributed by atoms with Gasteiger partial charge in [-0.15, -0.1) is 0 Å². The van der Waals surface area contributed by atoms with E-state index in [1.54, 1.807) is 7.11 Å². The molecule has 6 heteroatoms. The lowest BCUT2D eigenvalue weighted by atomic mass is 10.2. The smallest absolute Gasteiger partial charge is 0.204 e. The third kappa shape index (κ3) is 3.19. The minimum Gasteiger partial charge on any atom is -0.490 e. The van der Waals surface area contributed by atoms with Crippen molar-refractivity contribution >= 4 is 33.3 Å². The summed E-state index contributed by atoms with van der Waals surface area (Å²) in [6.07, 6.45) is 1.51. The van der Waals surface area contributed by atoms with Gasteiger partial charge in [-0.3, -0.25) is 0 Å². The van der Waals surface area contributed by atoms with Gasteiger partial charge in [0.2, 0.25) is 5.75 Å². The number of hydrogen-bond donors (Lipinski definition) is 2. The molecule has 1 aromatic carbocycles. The maximum absolute atomic E-state index is 5.41. The van der Waals surface area contributed by atoms with Crippen LogP contribution in [0, 0.1) is 6.92 Å². The van der Waals surface area contributed by atoms with E-state index in [4.69, 9.17) is 4.74 Å². The molecule has 20 heavy (non-hydrogen) atoms. The lowest BCUT2D eigenvalue weighted by molar-refractivity contribution is 0.415. The molecule has 2 aromatic rings. The summed E-state index contributed by atoms with van der Waals surface area (Å²) >= 11 is 3.47. The molecule has 0 saturated heterocycles. The van der Waals surface area contributed by atoms with Crippen LogP contribution < -0.4 is 15.4 Å². The Morgan fingerprint density at radius 3 is 2.70 bits per heavy atom. The predicted octanol–water partition coefficient (Wildman–Crippen LogP) is 3.73. The van der Waals surface area contributed by atoms with Crippen molar-refractivity contribution in [2.24, 2.45) is 0 Å². The Bertz CT molecular complexity index is 604. The number of nitrogens with one attached hydrogen (secondary N) is 2. The van der Waals surface area contributed by atoms with Gasteiger partial charge < -0.3 is 15.4 Å². The van der Waals surface area contributed by atoms with Crippen LogP contribution in [0.15, 0.2) is 29.0 Å². The Morgan fingerprint density at radius 1 is 1.25 bits per heavy atom. The Morgan fingerprint density at radius 2 is 2.00 bits per heavy atom. The number of methoxy groups -OCH3 is 1. The molecule has 106 valence electrons. The molecule has 1 heterocycles. The Hall–Kier alpha value is -1.82. The van der Waals surface area contributed by atoms with Crippen LogP contribution in [0.25, 0.3) is 0 Å². The van der Waals surface area contributed by atoms with Crippen LogP contribution in [0.2, 0.25) is 0 Å². The van der Waals surface area contributed by atoms with Crippen molar-refractivity contribution in [2.75, 3.05) is 24.3 Å². The van der Waals surface area contributed by atoms with Crippen molar-refractivity contribution in [2.45, 2.75) is 13.8 Å². The summed E-state index contributed by atoms with van der Waals surface area (Å²) in [5.41, 5.74) is 2.10. The van der Waals surface area contributed by atoms with Gasteiger partial charge in [0.15, 0.2) is 11.6 Å². The second-order valence-corrected chi connectivity index (χ2v) is 5.13. The van der Waals surface area contributed by atoms with Crippen LogP contribution in [-0.4, -0.2) is 23.6 Å². The highest BCUT2D eigenvalue weighted by Crippen LogP contribution is 2.32. The van der Waals surface area contributed by atoms with Crippen molar-refractivity contribution in [1.29, 1.82) is 0 Å². The van der Waals surface area contributed by atoms with E-state index in [-0.39, 0.29) is 0 Å². The van der Waals surface area contributed by atoms with E-state index in [0.29, 0.717) is 17.4 Å². The summed E-state index contributed by atoms with van der Waals surface area (Å²) in [5, 5.41) is 6.44. The first-order chi connectivity index (χ1) is 9.65. The number of nitrogens with zero attached hydrogens (tertiary/aromatic N) is 2. The Balaban J connectivity index is 2.37. The lowest BCUT2D eigenvalue weighted by Crippen LogP contribution is -2.06. The van der Waals surface area contributed by atoms with Gasteiger partial charge in [0.25, 0.3) is 0 Å². The van der Waals surface area contributed by atoms with Crippen molar-refractivity contribution in [3.8, 4) is 5.75 Å². The molecule has 0 bridgehead atoms. The summed E-state index contributed by atoms with van der Waals surface area (Å²) in [4.78, 5) is 8.44. The summed E-state index contributed by atoms with van der Waals surface area (Å²) in [7, 11) is 1.61. The van der Waals surface area contributed by atoms with Crippen LogP contribution in [-0.2, 0) is 0 Å². The number of hydrogen-bond acceptors (Lipinski definition) is 5. The van der Waals surface area contributed by atoms with Gasteiger partial charge in [0.1, 0.15) is 6.33 Å². The van der Waals surface area contributed by atoms with Crippen molar-refractivity contribution in [1.82, 2.24) is 9.97 Å². The quantitative estimate of drug-likeness (QED) is 0.871. The largest absolute Gasteiger partial charge is 0.490 e. The third-order valence-corrected chi connectivity index (χ3v) is 3.30. The van der Waals surface area contributed by atoms with Gasteiger partial charge in [-0.25, -0.2) is 9.97 Å². The minimum absolute atomic E-state index is 0.605. The fraction of sp³-hybridized carbons (Fsp3) is 0.286. The molecule has 0 aliphatic carbocycles. The summed E-state index contributed by atoms with van der Waals surface area (Å²) in [6, 6.07) is 6.04. The van der Waals surface area contributed by atoms with Crippen LogP contribution >= 0.6 is 15.9 Å². The van der Waals surface area contributed by atoms with Crippen molar-refractivity contribution < 1.29 is 4.74 Å². The van der Waals surface area contributed by atoms with E-state index in [2.05, 4.69) is 36.5 Å². The Kier molecular flexibility index (Phi) is 4.79. The maximum atomic E-state index is 5.41. The van der Waals surface area contributed by atoms with Crippen LogP contribution in [0.5, 0.6) is 5.75 Å². The van der Waals surface area contributed by atoms with Gasteiger partial charge in [-0.05, 0) is 31.5 Å². The molecule has 5 nitrogen and oxygen atoms in total. The molecule has 0 saturated carbocycles. The van der Waals surface area contributed by atoms with Gasteiger partial charge in [-0.1, -0.05) is 22.0 Å². The normalized spacial score (nSPS) is 10.2. The molecule has 0 radical (unpaired) electrons. The minimum atomic E-state index is 0.605. The highest BCUT2D eigenvalue weighted by molar-refractivity contribution is 9.10. The first-order valence-electron chi connectivity index (χ1n) is 6.31. The van der Waals surface area contributed by atoms with E-state index < -0.39 is 0 Å². The molecule has 2 rings (SSSR count). The monoisotopic (exact) mass is 336 g/mol. The number of halogens is 1. The number of benzene rings is 1.